The van der Waals surface area contributed by atoms with Crippen LogP contribution in [0.3, 0.4) is 0 Å². The molecule has 0 fully saturated rings. The molecule has 1 N–H and O–H groups in total. The van der Waals surface area contributed by atoms with Crippen molar-refractivity contribution in [2.75, 3.05) is 0 Å². The average molecular weight is 313 g/mol. The number of nitrogens with zero attached hydrogens (tertiary/aromatic N) is 3. The fraction of sp³-hybridized carbons (Fsp3) is 0.176. The van der Waals surface area contributed by atoms with Crippen LogP contribution in [0, 0.1) is 0 Å². The Morgan fingerprint density at radius 1 is 1.09 bits per heavy atom. The molecule has 22 heavy (non-hydrogen) atoms. The molecule has 1 aromatic heterocycles. The molecule has 2 aromatic carbocycles. The highest BCUT2D eigenvalue weighted by molar-refractivity contribution is 6.30. The van der Waals surface area contributed by atoms with Crippen molar-refractivity contribution in [3.8, 4) is 5.69 Å². The molecular formula is C17H17ClN4. The summed E-state index contributed by atoms with van der Waals surface area (Å²) in [6.45, 7) is 2.78. The maximum absolute atomic E-state index is 5.91. The highest BCUT2D eigenvalue weighted by Crippen LogP contribution is 2.16. The number of para-hydroxylation sites is 1. The fourth-order valence-electron chi connectivity index (χ4n) is 2.19. The van der Waals surface area contributed by atoms with Crippen molar-refractivity contribution in [3.05, 3.63) is 77.1 Å². The summed E-state index contributed by atoms with van der Waals surface area (Å²) < 4.78 is 0. The molecule has 0 saturated heterocycles. The van der Waals surface area contributed by atoms with Gasteiger partial charge < -0.3 is 5.32 Å². The van der Waals surface area contributed by atoms with Crippen LogP contribution in [0.4, 0.5) is 0 Å². The number of aromatic nitrogens is 3. The molecule has 1 unspecified atom stereocenters. The molecule has 0 bridgehead atoms. The van der Waals surface area contributed by atoms with E-state index in [1.54, 1.807) is 11.0 Å². The maximum Gasteiger partial charge on any atom is 0.0969 e. The lowest BCUT2D eigenvalue weighted by atomic mass is 10.1. The van der Waals surface area contributed by atoms with Crippen molar-refractivity contribution >= 4 is 11.6 Å². The van der Waals surface area contributed by atoms with E-state index in [9.17, 15) is 0 Å². The third-order valence-corrected chi connectivity index (χ3v) is 3.74. The van der Waals surface area contributed by atoms with Gasteiger partial charge in [0.2, 0.25) is 0 Å². The third-order valence-electron chi connectivity index (χ3n) is 3.49. The predicted molar refractivity (Wildman–Crippen MR) is 88.1 cm³/mol. The Balaban J connectivity index is 1.62. The molecular weight excluding hydrogens is 296 g/mol. The summed E-state index contributed by atoms with van der Waals surface area (Å²) in [6, 6.07) is 18.0. The molecule has 5 heteroatoms. The van der Waals surface area contributed by atoms with Crippen LogP contribution in [0.25, 0.3) is 5.69 Å². The van der Waals surface area contributed by atoms with E-state index in [0.717, 1.165) is 16.4 Å². The van der Waals surface area contributed by atoms with E-state index >= 15 is 0 Å². The fourth-order valence-corrected chi connectivity index (χ4v) is 2.31. The van der Waals surface area contributed by atoms with Gasteiger partial charge >= 0.3 is 0 Å². The number of halogens is 1. The van der Waals surface area contributed by atoms with Crippen LogP contribution in [0.2, 0.25) is 5.02 Å². The Bertz CT molecular complexity index is 722. The van der Waals surface area contributed by atoms with Gasteiger partial charge in [-0.25, -0.2) is 0 Å². The van der Waals surface area contributed by atoms with Crippen LogP contribution >= 0.6 is 11.6 Å². The Morgan fingerprint density at radius 2 is 1.82 bits per heavy atom. The molecule has 1 heterocycles. The van der Waals surface area contributed by atoms with Crippen LogP contribution in [0.1, 0.15) is 24.2 Å². The summed E-state index contributed by atoms with van der Waals surface area (Å²) in [5.74, 6) is 0. The topological polar surface area (TPSA) is 42.7 Å². The predicted octanol–water partition coefficient (Wildman–Crippen LogP) is 3.77. The molecule has 0 aliphatic rings. The molecule has 0 radical (unpaired) electrons. The zero-order chi connectivity index (χ0) is 15.4. The quantitative estimate of drug-likeness (QED) is 0.780. The lowest BCUT2D eigenvalue weighted by Gasteiger charge is -2.13. The first-order chi connectivity index (χ1) is 10.7. The van der Waals surface area contributed by atoms with Gasteiger partial charge in [-0.3, -0.25) is 0 Å². The molecule has 4 nitrogen and oxygen atoms in total. The Hall–Kier alpha value is -2.17. The van der Waals surface area contributed by atoms with Gasteiger partial charge in [-0.1, -0.05) is 41.9 Å². The van der Waals surface area contributed by atoms with Crippen molar-refractivity contribution in [2.45, 2.75) is 19.5 Å². The van der Waals surface area contributed by atoms with Crippen molar-refractivity contribution in [2.24, 2.45) is 0 Å². The lowest BCUT2D eigenvalue weighted by molar-refractivity contribution is 0.564. The van der Waals surface area contributed by atoms with Gasteiger partial charge in [0.05, 0.1) is 17.6 Å². The number of nitrogens with one attached hydrogen (secondary N) is 1. The second kappa shape index (κ2) is 6.73. The summed E-state index contributed by atoms with van der Waals surface area (Å²) in [4.78, 5) is 1.64. The molecule has 3 rings (SSSR count). The Labute approximate surface area is 134 Å². The highest BCUT2D eigenvalue weighted by Gasteiger charge is 2.07. The second-order valence-electron chi connectivity index (χ2n) is 5.12. The minimum absolute atomic E-state index is 0.221. The van der Waals surface area contributed by atoms with E-state index in [1.165, 1.54) is 5.56 Å². The van der Waals surface area contributed by atoms with Gasteiger partial charge in [0.1, 0.15) is 0 Å². The van der Waals surface area contributed by atoms with Gasteiger partial charge in [0, 0.05) is 17.6 Å². The van der Waals surface area contributed by atoms with E-state index in [0.29, 0.717) is 6.54 Å². The van der Waals surface area contributed by atoms with Crippen LogP contribution in [-0.2, 0) is 6.54 Å². The number of hydrogen-bond donors (Lipinski definition) is 1. The number of rotatable bonds is 5. The smallest absolute Gasteiger partial charge is 0.0969 e. The van der Waals surface area contributed by atoms with Crippen LogP contribution in [0.5, 0.6) is 0 Å². The average Bonchev–Trinajstić information content (AvgIpc) is 3.03. The minimum atomic E-state index is 0.221. The summed E-state index contributed by atoms with van der Waals surface area (Å²) in [7, 11) is 0. The zero-order valence-electron chi connectivity index (χ0n) is 12.3. The van der Waals surface area contributed by atoms with Gasteiger partial charge in [0.15, 0.2) is 0 Å². The van der Waals surface area contributed by atoms with Crippen LogP contribution in [-0.4, -0.2) is 15.0 Å². The first kappa shape index (κ1) is 14.8. The molecule has 0 amide bonds. The molecule has 0 aliphatic heterocycles. The standard InChI is InChI=1S/C17H17ClN4/c1-13(14-7-9-15(18)10-8-14)19-11-16-12-20-22(21-16)17-5-3-2-4-6-17/h2-10,12-13,19H,11H2,1H3. The second-order valence-corrected chi connectivity index (χ2v) is 5.55. The molecule has 112 valence electrons. The van der Waals surface area contributed by atoms with Crippen molar-refractivity contribution < 1.29 is 0 Å². The SMILES string of the molecule is CC(NCc1cnn(-c2ccccc2)n1)c1ccc(Cl)cc1. The minimum Gasteiger partial charge on any atom is -0.304 e. The van der Waals surface area contributed by atoms with E-state index in [1.807, 2.05) is 54.6 Å². The summed E-state index contributed by atoms with van der Waals surface area (Å²) in [5, 5.41) is 13.0. The Kier molecular flexibility index (Phi) is 4.51. The van der Waals surface area contributed by atoms with Crippen molar-refractivity contribution in [1.82, 2.24) is 20.3 Å². The van der Waals surface area contributed by atoms with Gasteiger partial charge in [-0.05, 0) is 36.8 Å². The van der Waals surface area contributed by atoms with Crippen LogP contribution < -0.4 is 5.32 Å². The summed E-state index contributed by atoms with van der Waals surface area (Å²) in [5.41, 5.74) is 3.06. The summed E-state index contributed by atoms with van der Waals surface area (Å²) in [6.07, 6.45) is 1.79. The van der Waals surface area contributed by atoms with Crippen molar-refractivity contribution in [1.29, 1.82) is 0 Å². The summed E-state index contributed by atoms with van der Waals surface area (Å²) >= 11 is 5.91. The van der Waals surface area contributed by atoms with Gasteiger partial charge in [0.25, 0.3) is 0 Å². The van der Waals surface area contributed by atoms with Crippen LogP contribution in [0.15, 0.2) is 60.8 Å². The van der Waals surface area contributed by atoms with E-state index < -0.39 is 0 Å². The first-order valence-corrected chi connectivity index (χ1v) is 7.55. The molecule has 0 saturated carbocycles. The monoisotopic (exact) mass is 312 g/mol. The molecule has 3 aromatic rings. The van der Waals surface area contributed by atoms with E-state index in [2.05, 4.69) is 22.4 Å². The van der Waals surface area contributed by atoms with Gasteiger partial charge in [-0.15, -0.1) is 0 Å². The lowest BCUT2D eigenvalue weighted by Crippen LogP contribution is -2.18. The maximum atomic E-state index is 5.91. The number of benzene rings is 2. The van der Waals surface area contributed by atoms with Gasteiger partial charge in [-0.2, -0.15) is 15.0 Å². The van der Waals surface area contributed by atoms with Crippen molar-refractivity contribution in [3.63, 3.8) is 0 Å². The third kappa shape index (κ3) is 3.53. The number of hydrogen-bond acceptors (Lipinski definition) is 3. The normalized spacial score (nSPS) is 12.3. The highest BCUT2D eigenvalue weighted by atomic mass is 35.5. The van der Waals surface area contributed by atoms with E-state index in [-0.39, 0.29) is 6.04 Å². The van der Waals surface area contributed by atoms with E-state index in [4.69, 9.17) is 11.6 Å². The molecule has 0 spiro atoms. The first-order valence-electron chi connectivity index (χ1n) is 7.18. The Morgan fingerprint density at radius 3 is 2.55 bits per heavy atom. The zero-order valence-corrected chi connectivity index (χ0v) is 13.0. The molecule has 1 atom stereocenters. The molecule has 0 aliphatic carbocycles. The largest absolute Gasteiger partial charge is 0.304 e.